The van der Waals surface area contributed by atoms with Crippen LogP contribution in [0.5, 0.6) is 0 Å². The van der Waals surface area contributed by atoms with Gasteiger partial charge in [0, 0.05) is 0 Å². The number of nitrogens with one attached hydrogen (secondary N) is 1. The van der Waals surface area contributed by atoms with Crippen LogP contribution in [0.1, 0.15) is 10.5 Å². The molecule has 0 radical (unpaired) electrons. The summed E-state index contributed by atoms with van der Waals surface area (Å²) in [5, 5.41) is 6.90. The molecule has 2 heterocycles. The molecule has 21 heavy (non-hydrogen) atoms. The third-order valence-electron chi connectivity index (χ3n) is 2.77. The zero-order valence-electron chi connectivity index (χ0n) is 10.8. The fourth-order valence-electron chi connectivity index (χ4n) is 1.83. The van der Waals surface area contributed by atoms with Crippen LogP contribution in [0.25, 0.3) is 5.69 Å². The molecule has 0 saturated carbocycles. The average Bonchev–Trinajstić information content (AvgIpc) is 3.02. The first kappa shape index (κ1) is 13.4. The van der Waals surface area contributed by atoms with Gasteiger partial charge in [0.15, 0.2) is 0 Å². The van der Waals surface area contributed by atoms with E-state index in [1.807, 2.05) is 18.2 Å². The Morgan fingerprint density at radius 3 is 2.76 bits per heavy atom. The van der Waals surface area contributed by atoms with Crippen molar-refractivity contribution in [2.24, 2.45) is 0 Å². The van der Waals surface area contributed by atoms with Gasteiger partial charge in [0.05, 0.1) is 11.4 Å². The first-order chi connectivity index (χ1) is 10.2. The van der Waals surface area contributed by atoms with E-state index >= 15 is 0 Å². The van der Waals surface area contributed by atoms with Gasteiger partial charge in [-0.05, 0) is 40.2 Å². The van der Waals surface area contributed by atoms with Gasteiger partial charge in [-0.15, -0.1) is 0 Å². The minimum atomic E-state index is -0.288. The van der Waals surface area contributed by atoms with Crippen molar-refractivity contribution in [3.05, 3.63) is 65.4 Å². The van der Waals surface area contributed by atoms with Gasteiger partial charge in [-0.3, -0.25) is 4.79 Å². The minimum Gasteiger partial charge on any atom is -0.319 e. The van der Waals surface area contributed by atoms with Gasteiger partial charge >= 0.3 is 0 Å². The first-order valence-electron chi connectivity index (χ1n) is 6.12. The molecule has 0 fully saturated rings. The zero-order valence-corrected chi connectivity index (χ0v) is 12.4. The molecule has 0 aliphatic carbocycles. The number of nitrogens with zero attached hydrogens (tertiary/aromatic N) is 4. The van der Waals surface area contributed by atoms with Crippen LogP contribution in [-0.2, 0) is 0 Å². The third-order valence-corrected chi connectivity index (χ3v) is 3.21. The number of benzene rings is 1. The van der Waals surface area contributed by atoms with E-state index in [0.29, 0.717) is 16.0 Å². The van der Waals surface area contributed by atoms with E-state index in [2.05, 4.69) is 36.3 Å². The van der Waals surface area contributed by atoms with E-state index in [0.717, 1.165) is 5.69 Å². The maximum absolute atomic E-state index is 12.2. The fraction of sp³-hybridized carbons (Fsp3) is 0. The van der Waals surface area contributed by atoms with Crippen LogP contribution in [0.15, 0.2) is 59.7 Å². The molecule has 3 aromatic rings. The van der Waals surface area contributed by atoms with Crippen molar-refractivity contribution in [2.45, 2.75) is 0 Å². The number of amides is 1. The molecule has 1 amide bonds. The Hall–Kier alpha value is -2.54. The second-order valence-electron chi connectivity index (χ2n) is 4.16. The van der Waals surface area contributed by atoms with Crippen molar-refractivity contribution in [3.8, 4) is 5.69 Å². The molecular formula is C14H10BrN5O. The summed E-state index contributed by atoms with van der Waals surface area (Å²) in [6.07, 6.45) is 3.01. The lowest BCUT2D eigenvalue weighted by atomic mass is 10.2. The van der Waals surface area contributed by atoms with E-state index < -0.39 is 0 Å². The summed E-state index contributed by atoms with van der Waals surface area (Å²) in [5.41, 5.74) is 1.70. The zero-order chi connectivity index (χ0) is 14.7. The maximum Gasteiger partial charge on any atom is 0.274 e. The molecule has 7 heteroatoms. The summed E-state index contributed by atoms with van der Waals surface area (Å²) in [7, 11) is 0. The summed E-state index contributed by atoms with van der Waals surface area (Å²) in [5.74, 6) is -0.288. The van der Waals surface area contributed by atoms with Gasteiger partial charge in [-0.25, -0.2) is 14.6 Å². The number of pyridine rings is 1. The standard InChI is InChI=1S/C14H10BrN5O/c15-13-7-3-5-11(18-13)14(21)19-10-4-1-2-6-12(10)20-9-16-8-17-20/h1-9H,(H,19,21). The number of carbonyl (C=O) groups excluding carboxylic acids is 1. The van der Waals surface area contributed by atoms with Crippen molar-refractivity contribution in [3.63, 3.8) is 0 Å². The molecule has 104 valence electrons. The van der Waals surface area contributed by atoms with Gasteiger partial charge in [0.2, 0.25) is 0 Å². The molecule has 0 saturated heterocycles. The van der Waals surface area contributed by atoms with Crippen molar-refractivity contribution >= 4 is 27.5 Å². The number of aromatic nitrogens is 4. The normalized spacial score (nSPS) is 10.3. The number of carbonyl (C=O) groups is 1. The third kappa shape index (κ3) is 2.97. The molecular weight excluding hydrogens is 334 g/mol. The van der Waals surface area contributed by atoms with E-state index in [1.165, 1.54) is 6.33 Å². The maximum atomic E-state index is 12.2. The molecule has 0 spiro atoms. The minimum absolute atomic E-state index is 0.288. The molecule has 1 N–H and O–H groups in total. The Morgan fingerprint density at radius 1 is 1.14 bits per heavy atom. The Kier molecular flexibility index (Phi) is 3.74. The van der Waals surface area contributed by atoms with Crippen LogP contribution in [0.2, 0.25) is 0 Å². The lowest BCUT2D eigenvalue weighted by Gasteiger charge is -2.10. The van der Waals surface area contributed by atoms with E-state index in [1.54, 1.807) is 35.3 Å². The number of halogens is 1. The molecule has 1 aromatic carbocycles. The summed E-state index contributed by atoms with van der Waals surface area (Å²) < 4.78 is 2.20. The molecule has 0 unspecified atom stereocenters. The molecule has 0 atom stereocenters. The Labute approximate surface area is 129 Å². The lowest BCUT2D eigenvalue weighted by molar-refractivity contribution is 0.102. The molecule has 0 bridgehead atoms. The number of anilines is 1. The highest BCUT2D eigenvalue weighted by Gasteiger charge is 2.11. The summed E-state index contributed by atoms with van der Waals surface area (Å²) in [6, 6.07) is 12.5. The average molecular weight is 344 g/mol. The highest BCUT2D eigenvalue weighted by atomic mass is 79.9. The predicted molar refractivity (Wildman–Crippen MR) is 81.2 cm³/mol. The van der Waals surface area contributed by atoms with Gasteiger partial charge < -0.3 is 5.32 Å². The summed E-state index contributed by atoms with van der Waals surface area (Å²) in [6.45, 7) is 0. The molecule has 2 aromatic heterocycles. The fourth-order valence-corrected chi connectivity index (χ4v) is 2.18. The van der Waals surface area contributed by atoms with Crippen molar-refractivity contribution < 1.29 is 4.79 Å². The second kappa shape index (κ2) is 5.84. The van der Waals surface area contributed by atoms with Gasteiger partial charge in [0.25, 0.3) is 5.91 Å². The highest BCUT2D eigenvalue weighted by Crippen LogP contribution is 2.19. The van der Waals surface area contributed by atoms with Crippen LogP contribution in [-0.4, -0.2) is 25.7 Å². The lowest BCUT2D eigenvalue weighted by Crippen LogP contribution is -2.15. The number of rotatable bonds is 3. The Balaban J connectivity index is 1.90. The monoisotopic (exact) mass is 343 g/mol. The Bertz CT molecular complexity index is 773. The van der Waals surface area contributed by atoms with Crippen LogP contribution in [0, 0.1) is 0 Å². The summed E-state index contributed by atoms with van der Waals surface area (Å²) in [4.78, 5) is 20.3. The van der Waals surface area contributed by atoms with Crippen LogP contribution in [0.3, 0.4) is 0 Å². The summed E-state index contributed by atoms with van der Waals surface area (Å²) >= 11 is 3.25. The first-order valence-corrected chi connectivity index (χ1v) is 6.91. The molecule has 6 nitrogen and oxygen atoms in total. The molecule has 0 aliphatic rings. The SMILES string of the molecule is O=C(Nc1ccccc1-n1cncn1)c1cccc(Br)n1. The van der Waals surface area contributed by atoms with Crippen LogP contribution >= 0.6 is 15.9 Å². The van der Waals surface area contributed by atoms with Gasteiger partial charge in [-0.2, -0.15) is 5.10 Å². The van der Waals surface area contributed by atoms with Gasteiger partial charge in [-0.1, -0.05) is 18.2 Å². The van der Waals surface area contributed by atoms with Crippen LogP contribution < -0.4 is 5.32 Å². The smallest absolute Gasteiger partial charge is 0.274 e. The van der Waals surface area contributed by atoms with Crippen LogP contribution in [0.4, 0.5) is 5.69 Å². The quantitative estimate of drug-likeness (QED) is 0.742. The van der Waals surface area contributed by atoms with Crippen molar-refractivity contribution in [1.29, 1.82) is 0 Å². The largest absolute Gasteiger partial charge is 0.319 e. The van der Waals surface area contributed by atoms with Crippen molar-refractivity contribution in [1.82, 2.24) is 19.7 Å². The highest BCUT2D eigenvalue weighted by molar-refractivity contribution is 9.10. The van der Waals surface area contributed by atoms with Gasteiger partial charge in [0.1, 0.15) is 23.0 Å². The topological polar surface area (TPSA) is 72.7 Å². The van der Waals surface area contributed by atoms with Crippen molar-refractivity contribution in [2.75, 3.05) is 5.32 Å². The number of para-hydroxylation sites is 2. The van der Waals surface area contributed by atoms with E-state index in [-0.39, 0.29) is 5.91 Å². The molecule has 3 rings (SSSR count). The predicted octanol–water partition coefficient (Wildman–Crippen LogP) is 2.68. The molecule has 0 aliphatic heterocycles. The Morgan fingerprint density at radius 2 is 2.00 bits per heavy atom. The van der Waals surface area contributed by atoms with E-state index in [4.69, 9.17) is 0 Å². The van der Waals surface area contributed by atoms with E-state index in [9.17, 15) is 4.79 Å². The number of hydrogen-bond acceptors (Lipinski definition) is 4. The second-order valence-corrected chi connectivity index (χ2v) is 4.97. The number of hydrogen-bond donors (Lipinski definition) is 1.